The number of nitriles is 1. The van der Waals surface area contributed by atoms with Crippen LogP contribution < -0.4 is 4.74 Å². The van der Waals surface area contributed by atoms with Gasteiger partial charge in [-0.25, -0.2) is 4.90 Å². The largest absolute Gasteiger partial charge is 0.438 e. The molecule has 148 valence electrons. The van der Waals surface area contributed by atoms with Gasteiger partial charge in [0.1, 0.15) is 17.4 Å². The summed E-state index contributed by atoms with van der Waals surface area (Å²) in [5, 5.41) is 11.9. The second-order valence-electron chi connectivity index (χ2n) is 7.00. The Morgan fingerprint density at radius 1 is 1.00 bits per heavy atom. The predicted octanol–water partition coefficient (Wildman–Crippen LogP) is 5.26. The van der Waals surface area contributed by atoms with Crippen LogP contribution in [0.2, 0.25) is 0 Å². The number of hydrogen-bond acceptors (Lipinski definition) is 4. The van der Waals surface area contributed by atoms with Gasteiger partial charge in [-0.3, -0.25) is 9.59 Å². The number of halogens is 1. The first-order chi connectivity index (χ1) is 14.4. The Kier molecular flexibility index (Phi) is 5.15. The second-order valence-corrected chi connectivity index (χ2v) is 7.91. The standard InChI is InChI=1S/C24H17BrN2O3/c1-14(28)27(15(2)29)24-21(13-26)22(17-7-10-18(25)11-8-17)20-12-9-16-5-3-4-6-19(16)23(20)30-24/h3-12,22H,1-2H3. The van der Waals surface area contributed by atoms with Crippen LogP contribution in [0.5, 0.6) is 5.75 Å². The van der Waals surface area contributed by atoms with Crippen molar-refractivity contribution in [2.45, 2.75) is 19.8 Å². The van der Waals surface area contributed by atoms with Crippen molar-refractivity contribution in [1.82, 2.24) is 4.90 Å². The summed E-state index contributed by atoms with van der Waals surface area (Å²) in [5.74, 6) is -0.989. The van der Waals surface area contributed by atoms with E-state index in [-0.39, 0.29) is 11.5 Å². The smallest absolute Gasteiger partial charge is 0.233 e. The lowest BCUT2D eigenvalue weighted by molar-refractivity contribution is -0.141. The quantitative estimate of drug-likeness (QED) is 0.522. The van der Waals surface area contributed by atoms with Crippen molar-refractivity contribution >= 4 is 38.5 Å². The van der Waals surface area contributed by atoms with Crippen molar-refractivity contribution in [1.29, 1.82) is 5.26 Å². The SMILES string of the molecule is CC(=O)N(C(C)=O)C1=C(C#N)C(c2ccc(Br)cc2)c2ccc3ccccc3c2O1. The van der Waals surface area contributed by atoms with Gasteiger partial charge in [-0.05, 0) is 23.1 Å². The van der Waals surface area contributed by atoms with Crippen molar-refractivity contribution in [3.05, 3.63) is 87.7 Å². The van der Waals surface area contributed by atoms with E-state index in [1.807, 2.05) is 60.7 Å². The highest BCUT2D eigenvalue weighted by Crippen LogP contribution is 2.46. The highest BCUT2D eigenvalue weighted by molar-refractivity contribution is 9.10. The van der Waals surface area contributed by atoms with Gasteiger partial charge in [0.15, 0.2) is 0 Å². The Morgan fingerprint density at radius 3 is 2.30 bits per heavy atom. The molecule has 30 heavy (non-hydrogen) atoms. The third kappa shape index (κ3) is 3.27. The van der Waals surface area contributed by atoms with E-state index in [2.05, 4.69) is 22.0 Å². The number of carbonyl (C=O) groups is 2. The summed E-state index contributed by atoms with van der Waals surface area (Å²) in [4.78, 5) is 25.5. The topological polar surface area (TPSA) is 70.4 Å². The number of hydrogen-bond donors (Lipinski definition) is 0. The van der Waals surface area contributed by atoms with Gasteiger partial charge in [0.05, 0.1) is 5.92 Å². The van der Waals surface area contributed by atoms with Gasteiger partial charge in [-0.2, -0.15) is 5.26 Å². The van der Waals surface area contributed by atoms with Gasteiger partial charge in [0, 0.05) is 29.3 Å². The highest BCUT2D eigenvalue weighted by Gasteiger charge is 2.37. The van der Waals surface area contributed by atoms with E-state index in [9.17, 15) is 14.9 Å². The van der Waals surface area contributed by atoms with Crippen LogP contribution in [0.4, 0.5) is 0 Å². The van der Waals surface area contributed by atoms with Crippen LogP contribution >= 0.6 is 15.9 Å². The number of amides is 2. The molecule has 0 spiro atoms. The zero-order valence-electron chi connectivity index (χ0n) is 16.3. The number of allylic oxidation sites excluding steroid dienone is 1. The lowest BCUT2D eigenvalue weighted by Crippen LogP contribution is -2.37. The van der Waals surface area contributed by atoms with E-state index in [4.69, 9.17) is 4.74 Å². The summed E-state index contributed by atoms with van der Waals surface area (Å²) in [6.45, 7) is 2.56. The number of rotatable bonds is 2. The molecule has 0 N–H and O–H groups in total. The molecule has 1 aliphatic rings. The number of imide groups is 1. The average molecular weight is 461 g/mol. The van der Waals surface area contributed by atoms with Gasteiger partial charge < -0.3 is 4.74 Å². The van der Waals surface area contributed by atoms with Crippen LogP contribution in [0.25, 0.3) is 10.8 Å². The molecule has 4 rings (SSSR count). The molecule has 1 unspecified atom stereocenters. The Labute approximate surface area is 182 Å². The Hall–Kier alpha value is -3.43. The van der Waals surface area contributed by atoms with Gasteiger partial charge in [-0.1, -0.05) is 64.5 Å². The minimum absolute atomic E-state index is 0.0331. The summed E-state index contributed by atoms with van der Waals surface area (Å²) in [6, 6.07) is 21.5. The van der Waals surface area contributed by atoms with Crippen molar-refractivity contribution < 1.29 is 14.3 Å². The monoisotopic (exact) mass is 460 g/mol. The zero-order valence-corrected chi connectivity index (χ0v) is 17.9. The van der Waals surface area contributed by atoms with Gasteiger partial charge in [0.25, 0.3) is 0 Å². The van der Waals surface area contributed by atoms with Crippen LogP contribution in [0, 0.1) is 11.3 Å². The van der Waals surface area contributed by atoms with Crippen LogP contribution in [0.3, 0.4) is 0 Å². The number of carbonyl (C=O) groups excluding carboxylic acids is 2. The lowest BCUT2D eigenvalue weighted by atomic mass is 9.82. The van der Waals surface area contributed by atoms with Gasteiger partial charge in [0.2, 0.25) is 17.7 Å². The van der Waals surface area contributed by atoms with E-state index in [0.29, 0.717) is 5.75 Å². The minimum Gasteiger partial charge on any atom is -0.438 e. The first-order valence-corrected chi connectivity index (χ1v) is 10.1. The molecule has 3 aromatic carbocycles. The summed E-state index contributed by atoms with van der Waals surface area (Å²) >= 11 is 3.44. The van der Waals surface area contributed by atoms with Gasteiger partial charge >= 0.3 is 0 Å². The maximum atomic E-state index is 12.3. The third-order valence-electron chi connectivity index (χ3n) is 5.10. The van der Waals surface area contributed by atoms with Crippen molar-refractivity contribution in [2.75, 3.05) is 0 Å². The predicted molar refractivity (Wildman–Crippen MR) is 116 cm³/mol. The Bertz CT molecular complexity index is 1240. The fourth-order valence-electron chi connectivity index (χ4n) is 3.82. The third-order valence-corrected chi connectivity index (χ3v) is 5.62. The molecular weight excluding hydrogens is 444 g/mol. The fourth-order valence-corrected chi connectivity index (χ4v) is 4.08. The molecule has 0 aromatic heterocycles. The normalized spacial score (nSPS) is 15.2. The molecule has 5 nitrogen and oxygen atoms in total. The van der Waals surface area contributed by atoms with Crippen molar-refractivity contribution in [2.24, 2.45) is 0 Å². The van der Waals surface area contributed by atoms with E-state index >= 15 is 0 Å². The molecule has 0 bridgehead atoms. The van der Waals surface area contributed by atoms with E-state index in [1.54, 1.807) is 0 Å². The van der Waals surface area contributed by atoms with Crippen molar-refractivity contribution in [3.63, 3.8) is 0 Å². The Morgan fingerprint density at radius 2 is 1.67 bits per heavy atom. The molecule has 1 aliphatic heterocycles. The second kappa shape index (κ2) is 7.77. The number of fused-ring (bicyclic) bond motifs is 3. The fraction of sp³-hybridized carbons (Fsp3) is 0.125. The van der Waals surface area contributed by atoms with E-state index in [0.717, 1.165) is 31.3 Å². The maximum absolute atomic E-state index is 12.3. The molecule has 3 aromatic rings. The summed E-state index contributed by atoms with van der Waals surface area (Å²) in [5.41, 5.74) is 1.88. The summed E-state index contributed by atoms with van der Waals surface area (Å²) < 4.78 is 7.05. The molecule has 0 radical (unpaired) electrons. The van der Waals surface area contributed by atoms with Crippen molar-refractivity contribution in [3.8, 4) is 11.8 Å². The molecule has 6 heteroatoms. The maximum Gasteiger partial charge on any atom is 0.233 e. The molecule has 1 heterocycles. The average Bonchev–Trinajstić information content (AvgIpc) is 2.73. The number of benzene rings is 3. The number of nitrogens with zero attached hydrogens (tertiary/aromatic N) is 2. The van der Waals surface area contributed by atoms with Crippen LogP contribution in [-0.2, 0) is 9.59 Å². The lowest BCUT2D eigenvalue weighted by Gasteiger charge is -2.32. The van der Waals surface area contributed by atoms with E-state index < -0.39 is 17.7 Å². The molecule has 1 atom stereocenters. The molecule has 0 saturated carbocycles. The molecule has 0 saturated heterocycles. The molecule has 0 aliphatic carbocycles. The number of ether oxygens (including phenoxy) is 1. The Balaban J connectivity index is 2.05. The summed E-state index contributed by atoms with van der Waals surface area (Å²) in [7, 11) is 0. The molecular formula is C24H17BrN2O3. The van der Waals surface area contributed by atoms with E-state index in [1.165, 1.54) is 13.8 Å². The van der Waals surface area contributed by atoms with Crippen LogP contribution in [0.15, 0.2) is 76.6 Å². The zero-order chi connectivity index (χ0) is 21.4. The van der Waals surface area contributed by atoms with Gasteiger partial charge in [-0.15, -0.1) is 0 Å². The highest BCUT2D eigenvalue weighted by atomic mass is 79.9. The molecule has 2 amide bonds. The molecule has 0 fully saturated rings. The van der Waals surface area contributed by atoms with Crippen LogP contribution in [0.1, 0.15) is 30.9 Å². The first kappa shape index (κ1) is 19.9. The minimum atomic E-state index is -0.511. The van der Waals surface area contributed by atoms with Crippen LogP contribution in [-0.4, -0.2) is 16.7 Å². The summed E-state index contributed by atoms with van der Waals surface area (Å²) in [6.07, 6.45) is 0. The first-order valence-electron chi connectivity index (χ1n) is 9.33.